The Morgan fingerprint density at radius 1 is 0.681 bits per heavy atom. The van der Waals surface area contributed by atoms with Crippen LogP contribution >= 0.6 is 7.82 Å². The van der Waals surface area contributed by atoms with Crippen molar-refractivity contribution >= 4 is 31.8 Å². The summed E-state index contributed by atoms with van der Waals surface area (Å²) in [6, 6.07) is 0. The number of phosphoric acid groups is 1. The van der Waals surface area contributed by atoms with Gasteiger partial charge in [0.15, 0.2) is 11.9 Å². The summed E-state index contributed by atoms with van der Waals surface area (Å²) >= 11 is 0. The number of ketones is 1. The number of allylic oxidation sites excluding steroid dienone is 2. The molecule has 0 aromatic rings. The summed E-state index contributed by atoms with van der Waals surface area (Å²) in [5, 5.41) is 18.2. The first-order valence-electron chi connectivity index (χ1n) is 17.5. The summed E-state index contributed by atoms with van der Waals surface area (Å²) in [4.78, 5) is 56.4. The average molecular weight is 693 g/mol. The van der Waals surface area contributed by atoms with E-state index in [4.69, 9.17) is 19.1 Å². The van der Waals surface area contributed by atoms with E-state index >= 15 is 0 Å². The molecular weight excluding hydrogens is 631 g/mol. The maximum absolute atomic E-state index is 12.4. The van der Waals surface area contributed by atoms with Gasteiger partial charge in [-0.1, -0.05) is 103 Å². The zero-order valence-electron chi connectivity index (χ0n) is 28.5. The highest BCUT2D eigenvalue weighted by Crippen LogP contribution is 2.43. The fourth-order valence-corrected chi connectivity index (χ4v) is 5.47. The number of phosphoric ester groups is 1. The van der Waals surface area contributed by atoms with Crippen LogP contribution < -0.4 is 0 Å². The van der Waals surface area contributed by atoms with Crippen molar-refractivity contribution in [3.63, 3.8) is 0 Å². The smallest absolute Gasteiger partial charge is 0.462 e. The summed E-state index contributed by atoms with van der Waals surface area (Å²) < 4.78 is 32.3. The number of hydrogen-bond acceptors (Lipinski definition) is 11. The summed E-state index contributed by atoms with van der Waals surface area (Å²) in [5.41, 5.74) is 0. The lowest BCUT2D eigenvalue weighted by molar-refractivity contribution is -0.161. The molecule has 12 nitrogen and oxygen atoms in total. The van der Waals surface area contributed by atoms with Crippen molar-refractivity contribution in [1.82, 2.24) is 0 Å². The number of esters is 2. The Labute approximate surface area is 281 Å². The van der Waals surface area contributed by atoms with Crippen LogP contribution in [0.15, 0.2) is 12.2 Å². The van der Waals surface area contributed by atoms with Gasteiger partial charge in [0.2, 0.25) is 0 Å². The van der Waals surface area contributed by atoms with Gasteiger partial charge >= 0.3 is 19.8 Å². The molecular formula is C34H61O12P. The minimum Gasteiger partial charge on any atom is -0.462 e. The van der Waals surface area contributed by atoms with Gasteiger partial charge in [-0.05, 0) is 31.4 Å². The number of carbonyl (C=O) groups excluding carboxylic acids is 4. The van der Waals surface area contributed by atoms with E-state index in [9.17, 15) is 33.7 Å². The van der Waals surface area contributed by atoms with Gasteiger partial charge in [-0.3, -0.25) is 28.2 Å². The molecule has 0 aliphatic rings. The first-order chi connectivity index (χ1) is 22.6. The van der Waals surface area contributed by atoms with Crippen molar-refractivity contribution < 1.29 is 57.4 Å². The van der Waals surface area contributed by atoms with Crippen molar-refractivity contribution in [3.8, 4) is 0 Å². The summed E-state index contributed by atoms with van der Waals surface area (Å²) in [5.74, 6) is -1.17. The Kier molecular flexibility index (Phi) is 30.0. The van der Waals surface area contributed by atoms with Gasteiger partial charge in [-0.15, -0.1) is 0 Å². The van der Waals surface area contributed by atoms with Crippen LogP contribution in [0, 0.1) is 0 Å². The molecule has 0 saturated heterocycles. The van der Waals surface area contributed by atoms with Crippen molar-refractivity contribution in [1.29, 1.82) is 0 Å². The lowest BCUT2D eigenvalue weighted by atomic mass is 10.0. The minimum absolute atomic E-state index is 0.0698. The molecule has 1 unspecified atom stereocenters. The van der Waals surface area contributed by atoms with Crippen LogP contribution in [0.2, 0.25) is 0 Å². The molecule has 3 N–H and O–H groups in total. The lowest BCUT2D eigenvalue weighted by Crippen LogP contribution is -2.29. The summed E-state index contributed by atoms with van der Waals surface area (Å²) in [7, 11) is -4.65. The SMILES string of the molecule is CCCCCCCCCCCCCCCC(=O)OC[C@H](COP(=O)(O)OC[C@@H](O)CO)OC(=O)CCCCCCCC(=O)/C=C/C=O. The second-order valence-electron chi connectivity index (χ2n) is 11.9. The Bertz CT molecular complexity index is 894. The van der Waals surface area contributed by atoms with Gasteiger partial charge in [-0.25, -0.2) is 4.57 Å². The molecule has 0 saturated carbocycles. The number of ether oxygens (including phenoxy) is 2. The molecule has 0 bridgehead atoms. The minimum atomic E-state index is -4.65. The van der Waals surface area contributed by atoms with Gasteiger partial charge in [0.25, 0.3) is 0 Å². The summed E-state index contributed by atoms with van der Waals surface area (Å²) in [6.45, 7) is -0.0500. The Hall–Kier alpha value is -1.95. The monoisotopic (exact) mass is 692 g/mol. The third-order valence-corrected chi connectivity index (χ3v) is 8.39. The molecule has 274 valence electrons. The molecule has 0 aliphatic heterocycles. The highest BCUT2D eigenvalue weighted by atomic mass is 31.2. The van der Waals surface area contributed by atoms with Crippen molar-refractivity contribution in [2.75, 3.05) is 26.4 Å². The zero-order chi connectivity index (χ0) is 35.0. The molecule has 0 spiro atoms. The maximum Gasteiger partial charge on any atom is 0.472 e. The van der Waals surface area contributed by atoms with Crippen LogP contribution in [-0.4, -0.2) is 77.7 Å². The third-order valence-electron chi connectivity index (χ3n) is 7.44. The van der Waals surface area contributed by atoms with Gasteiger partial charge in [0, 0.05) is 19.3 Å². The number of aliphatic hydroxyl groups is 2. The quantitative estimate of drug-likeness (QED) is 0.0220. The third kappa shape index (κ3) is 31.1. The van der Waals surface area contributed by atoms with Crippen molar-refractivity contribution in [2.45, 2.75) is 154 Å². The normalized spacial score (nSPS) is 14.0. The molecule has 0 radical (unpaired) electrons. The van der Waals surface area contributed by atoms with Crippen molar-refractivity contribution in [3.05, 3.63) is 12.2 Å². The van der Waals surface area contributed by atoms with E-state index in [2.05, 4.69) is 11.4 Å². The van der Waals surface area contributed by atoms with E-state index in [0.29, 0.717) is 32.0 Å². The maximum atomic E-state index is 12.4. The second-order valence-corrected chi connectivity index (χ2v) is 13.4. The predicted octanol–water partition coefficient (Wildman–Crippen LogP) is 6.46. The van der Waals surface area contributed by atoms with Crippen LogP contribution in [0.25, 0.3) is 0 Å². The van der Waals surface area contributed by atoms with E-state index in [1.54, 1.807) is 0 Å². The fraction of sp³-hybridized carbons (Fsp3) is 0.824. The van der Waals surface area contributed by atoms with E-state index in [1.165, 1.54) is 69.9 Å². The largest absolute Gasteiger partial charge is 0.472 e. The molecule has 47 heavy (non-hydrogen) atoms. The van der Waals surface area contributed by atoms with Gasteiger partial charge in [0.05, 0.1) is 19.8 Å². The molecule has 13 heteroatoms. The van der Waals surface area contributed by atoms with Gasteiger partial charge in [0.1, 0.15) is 19.0 Å². The average Bonchev–Trinajstić information content (AvgIpc) is 3.05. The first-order valence-corrected chi connectivity index (χ1v) is 19.0. The Balaban J connectivity index is 4.42. The zero-order valence-corrected chi connectivity index (χ0v) is 29.4. The Morgan fingerprint density at radius 2 is 1.15 bits per heavy atom. The van der Waals surface area contributed by atoms with Gasteiger partial charge < -0.3 is 24.6 Å². The number of hydrogen-bond donors (Lipinski definition) is 3. The van der Waals surface area contributed by atoms with Crippen LogP contribution in [0.4, 0.5) is 0 Å². The number of aldehydes is 1. The van der Waals surface area contributed by atoms with E-state index in [1.807, 2.05) is 0 Å². The molecule has 0 aromatic carbocycles. The topological polar surface area (TPSA) is 183 Å². The van der Waals surface area contributed by atoms with Crippen molar-refractivity contribution in [2.24, 2.45) is 0 Å². The second kappa shape index (κ2) is 31.3. The molecule has 0 aromatic heterocycles. The fourth-order valence-electron chi connectivity index (χ4n) is 4.68. The molecule has 0 fully saturated rings. The van der Waals surface area contributed by atoms with E-state index in [0.717, 1.165) is 38.5 Å². The number of unbranched alkanes of at least 4 members (excludes halogenated alkanes) is 16. The lowest BCUT2D eigenvalue weighted by Gasteiger charge is -2.20. The molecule has 0 rings (SSSR count). The number of rotatable bonds is 34. The predicted molar refractivity (Wildman–Crippen MR) is 179 cm³/mol. The van der Waals surface area contributed by atoms with Crippen LogP contribution in [-0.2, 0) is 42.3 Å². The van der Waals surface area contributed by atoms with E-state index in [-0.39, 0.29) is 25.2 Å². The summed E-state index contributed by atoms with van der Waals surface area (Å²) in [6.07, 6.45) is 20.0. The first kappa shape index (κ1) is 45.0. The highest BCUT2D eigenvalue weighted by molar-refractivity contribution is 7.47. The Morgan fingerprint density at radius 3 is 1.66 bits per heavy atom. The highest BCUT2D eigenvalue weighted by Gasteiger charge is 2.27. The van der Waals surface area contributed by atoms with Crippen LogP contribution in [0.3, 0.4) is 0 Å². The van der Waals surface area contributed by atoms with E-state index < -0.39 is 51.8 Å². The standard InChI is InChI=1S/C34H61O12P/c1-2-3-4-5-6-7-8-9-10-11-12-15-18-23-33(39)43-28-32(29-45-47(41,42)44-27-31(38)26-36)46-34(40)24-19-16-13-14-17-21-30(37)22-20-25-35/h20,22,25,31-32,36,38H,2-19,21,23-24,26-29H2,1H3,(H,41,42)/b22-20+/t31-,32+/m0/s1. The van der Waals surface area contributed by atoms with Crippen LogP contribution in [0.5, 0.6) is 0 Å². The number of carbonyl (C=O) groups is 4. The van der Waals surface area contributed by atoms with Crippen LogP contribution in [0.1, 0.15) is 142 Å². The number of aliphatic hydroxyl groups excluding tert-OH is 2. The molecule has 0 aliphatic carbocycles. The molecule has 3 atom stereocenters. The molecule has 0 amide bonds. The molecule has 0 heterocycles. The van der Waals surface area contributed by atoms with Gasteiger partial charge in [-0.2, -0.15) is 0 Å².